The van der Waals surface area contributed by atoms with Gasteiger partial charge in [-0.3, -0.25) is 9.67 Å². The Kier molecular flexibility index (Phi) is 3.81. The van der Waals surface area contributed by atoms with Gasteiger partial charge in [-0.15, -0.1) is 31.7 Å². The second-order valence-electron chi connectivity index (χ2n) is 7.50. The van der Waals surface area contributed by atoms with Gasteiger partial charge in [0.15, 0.2) is 5.82 Å². The maximum Gasteiger partial charge on any atom is 0.202 e. The van der Waals surface area contributed by atoms with Gasteiger partial charge in [0.1, 0.15) is 28.0 Å². The van der Waals surface area contributed by atoms with Crippen molar-refractivity contribution in [3.8, 4) is 27.8 Å². The number of fused-ring (bicyclic) bond motifs is 2. The van der Waals surface area contributed by atoms with Crippen molar-refractivity contribution in [3.05, 3.63) is 65.7 Å². The number of hydrogen-bond acceptors (Lipinski definition) is 6. The van der Waals surface area contributed by atoms with Gasteiger partial charge in [0, 0.05) is 5.56 Å². The van der Waals surface area contributed by atoms with E-state index in [0.717, 1.165) is 49.6 Å². The molecule has 1 N–H and O–H groups in total. The van der Waals surface area contributed by atoms with Crippen LogP contribution in [0.5, 0.6) is 0 Å². The first-order valence-electron chi connectivity index (χ1n) is 9.89. The van der Waals surface area contributed by atoms with Crippen molar-refractivity contribution in [2.75, 3.05) is 0 Å². The normalized spacial score (nSPS) is 11.7. The lowest BCUT2D eigenvalue weighted by atomic mass is 10.1. The molecule has 0 saturated heterocycles. The van der Waals surface area contributed by atoms with E-state index in [0.29, 0.717) is 5.65 Å². The SMILES string of the molecule is Cc1ccc(-c2nnc3c(-n4c(C)nnc4C)c(-c4nc5ccccc5s4)[nH]n23)cc1. The molecule has 4 aromatic heterocycles. The van der Waals surface area contributed by atoms with Crippen LogP contribution in [0.25, 0.3) is 43.6 Å². The molecule has 0 radical (unpaired) electrons. The average molecular weight is 427 g/mol. The molecule has 0 amide bonds. The zero-order chi connectivity index (χ0) is 21.1. The highest BCUT2D eigenvalue weighted by molar-refractivity contribution is 7.21. The van der Waals surface area contributed by atoms with Crippen molar-refractivity contribution in [2.45, 2.75) is 20.8 Å². The van der Waals surface area contributed by atoms with Crippen molar-refractivity contribution in [3.63, 3.8) is 0 Å². The molecular weight excluding hydrogens is 408 g/mol. The molecule has 6 aromatic rings. The largest absolute Gasteiger partial charge is 0.286 e. The molecule has 0 atom stereocenters. The third kappa shape index (κ3) is 2.70. The third-order valence-electron chi connectivity index (χ3n) is 5.36. The fourth-order valence-corrected chi connectivity index (χ4v) is 4.80. The van der Waals surface area contributed by atoms with Gasteiger partial charge >= 0.3 is 0 Å². The predicted octanol–water partition coefficient (Wildman–Crippen LogP) is 4.51. The Balaban J connectivity index is 1.67. The Morgan fingerprint density at radius 2 is 1.58 bits per heavy atom. The van der Waals surface area contributed by atoms with E-state index in [9.17, 15) is 0 Å². The minimum Gasteiger partial charge on any atom is -0.286 e. The zero-order valence-corrected chi connectivity index (χ0v) is 18.0. The summed E-state index contributed by atoms with van der Waals surface area (Å²) in [5.74, 6) is 2.30. The van der Waals surface area contributed by atoms with Crippen LogP contribution in [0.3, 0.4) is 0 Å². The predicted molar refractivity (Wildman–Crippen MR) is 121 cm³/mol. The van der Waals surface area contributed by atoms with Gasteiger partial charge in [-0.05, 0) is 32.9 Å². The van der Waals surface area contributed by atoms with Crippen molar-refractivity contribution in [1.29, 1.82) is 0 Å². The second-order valence-corrected chi connectivity index (χ2v) is 8.53. The summed E-state index contributed by atoms with van der Waals surface area (Å²) in [5.41, 5.74) is 5.57. The molecule has 9 heteroatoms. The molecule has 152 valence electrons. The fraction of sp³-hybridized carbons (Fsp3) is 0.136. The van der Waals surface area contributed by atoms with Gasteiger partial charge in [-0.2, -0.15) is 0 Å². The minimum atomic E-state index is 0.704. The molecule has 0 aliphatic heterocycles. The summed E-state index contributed by atoms with van der Waals surface area (Å²) in [7, 11) is 0. The Bertz CT molecular complexity index is 1510. The van der Waals surface area contributed by atoms with Crippen LogP contribution in [-0.2, 0) is 0 Å². The van der Waals surface area contributed by atoms with Crippen LogP contribution < -0.4 is 0 Å². The molecule has 31 heavy (non-hydrogen) atoms. The Hall–Kier alpha value is -3.85. The van der Waals surface area contributed by atoms with Crippen LogP contribution >= 0.6 is 11.3 Å². The molecule has 0 fully saturated rings. The van der Waals surface area contributed by atoms with Gasteiger partial charge in [-0.25, -0.2) is 9.50 Å². The number of H-pyrrole nitrogens is 1. The molecule has 0 spiro atoms. The van der Waals surface area contributed by atoms with E-state index >= 15 is 0 Å². The summed E-state index contributed by atoms with van der Waals surface area (Å²) in [4.78, 5) is 4.87. The number of benzene rings is 2. The van der Waals surface area contributed by atoms with Crippen LogP contribution in [0.1, 0.15) is 17.2 Å². The number of para-hydroxylation sites is 1. The number of nitrogens with zero attached hydrogens (tertiary/aromatic N) is 7. The Labute approximate surface area is 181 Å². The van der Waals surface area contributed by atoms with Crippen LogP contribution in [0.4, 0.5) is 0 Å². The maximum atomic E-state index is 4.87. The molecule has 2 aromatic carbocycles. The number of nitrogens with one attached hydrogen (secondary N) is 1. The van der Waals surface area contributed by atoms with Crippen molar-refractivity contribution >= 4 is 27.2 Å². The highest BCUT2D eigenvalue weighted by Gasteiger charge is 2.25. The van der Waals surface area contributed by atoms with E-state index in [1.54, 1.807) is 11.3 Å². The number of aromatic nitrogens is 8. The second kappa shape index (κ2) is 6.58. The fourth-order valence-electron chi connectivity index (χ4n) is 3.84. The highest BCUT2D eigenvalue weighted by atomic mass is 32.1. The minimum absolute atomic E-state index is 0.704. The van der Waals surface area contributed by atoms with Crippen LogP contribution in [0, 0.1) is 20.8 Å². The first-order chi connectivity index (χ1) is 15.1. The summed E-state index contributed by atoms with van der Waals surface area (Å²) in [6, 6.07) is 16.4. The van der Waals surface area contributed by atoms with Crippen molar-refractivity contribution in [2.24, 2.45) is 0 Å². The zero-order valence-electron chi connectivity index (χ0n) is 17.2. The first-order valence-corrected chi connectivity index (χ1v) is 10.7. The third-order valence-corrected chi connectivity index (χ3v) is 6.42. The lowest BCUT2D eigenvalue weighted by Gasteiger charge is -2.05. The van der Waals surface area contributed by atoms with Gasteiger partial charge in [-0.1, -0.05) is 42.0 Å². The molecular formula is C22H18N8S. The number of hydrogen-bond donors (Lipinski definition) is 1. The Morgan fingerprint density at radius 1 is 0.839 bits per heavy atom. The van der Waals surface area contributed by atoms with E-state index in [2.05, 4.69) is 62.7 Å². The topological polar surface area (TPSA) is 89.6 Å². The van der Waals surface area contributed by atoms with Crippen molar-refractivity contribution < 1.29 is 0 Å². The van der Waals surface area contributed by atoms with E-state index in [1.807, 2.05) is 41.1 Å². The van der Waals surface area contributed by atoms with Crippen LogP contribution in [0.2, 0.25) is 0 Å². The van der Waals surface area contributed by atoms with E-state index in [-0.39, 0.29) is 0 Å². The average Bonchev–Trinajstić information content (AvgIpc) is 3.51. The lowest BCUT2D eigenvalue weighted by molar-refractivity contribution is 0.939. The summed E-state index contributed by atoms with van der Waals surface area (Å²) >= 11 is 1.64. The molecule has 0 aliphatic carbocycles. The summed E-state index contributed by atoms with van der Waals surface area (Å²) in [5, 5.41) is 21.9. The first kappa shape index (κ1) is 18.0. The van der Waals surface area contributed by atoms with Gasteiger partial charge in [0.2, 0.25) is 5.65 Å². The number of aromatic amines is 1. The Morgan fingerprint density at radius 3 is 2.32 bits per heavy atom. The van der Waals surface area contributed by atoms with Crippen LogP contribution in [-0.4, -0.2) is 39.6 Å². The standard InChI is InChI=1S/C22H18N8S/c1-12-8-10-15(11-9-12)20-26-27-21-19(29-13(2)24-25-14(29)3)18(28-30(20)21)22-23-16-6-4-5-7-17(16)31-22/h4-11,28H,1-3H3. The molecule has 0 saturated carbocycles. The smallest absolute Gasteiger partial charge is 0.202 e. The molecule has 0 aliphatic rings. The van der Waals surface area contributed by atoms with Crippen LogP contribution in [0.15, 0.2) is 48.5 Å². The summed E-state index contributed by atoms with van der Waals surface area (Å²) in [6.45, 7) is 5.94. The lowest BCUT2D eigenvalue weighted by Crippen LogP contribution is -2.01. The van der Waals surface area contributed by atoms with Gasteiger partial charge in [0.05, 0.1) is 10.2 Å². The summed E-state index contributed by atoms with van der Waals surface area (Å²) < 4.78 is 5.05. The molecule has 4 heterocycles. The van der Waals surface area contributed by atoms with E-state index in [1.165, 1.54) is 5.56 Å². The van der Waals surface area contributed by atoms with Crippen molar-refractivity contribution in [1.82, 2.24) is 39.6 Å². The molecule has 0 bridgehead atoms. The number of thiazole rings is 1. The monoisotopic (exact) mass is 426 g/mol. The molecule has 6 rings (SSSR count). The van der Waals surface area contributed by atoms with Gasteiger partial charge in [0.25, 0.3) is 0 Å². The van der Waals surface area contributed by atoms with E-state index < -0.39 is 0 Å². The molecule has 8 nitrogen and oxygen atoms in total. The van der Waals surface area contributed by atoms with Gasteiger partial charge < -0.3 is 0 Å². The number of rotatable bonds is 3. The summed E-state index contributed by atoms with van der Waals surface area (Å²) in [6.07, 6.45) is 0. The maximum absolute atomic E-state index is 4.87. The quantitative estimate of drug-likeness (QED) is 0.450. The highest BCUT2D eigenvalue weighted by Crippen LogP contribution is 2.36. The molecule has 0 unspecified atom stereocenters. The number of aryl methyl sites for hydroxylation is 3. The van der Waals surface area contributed by atoms with E-state index in [4.69, 9.17) is 4.98 Å².